The molecular weight excluding hydrogens is 272 g/mol. The average Bonchev–Trinajstić information content (AvgIpc) is 2.92. The third-order valence-corrected chi connectivity index (χ3v) is 4.32. The van der Waals surface area contributed by atoms with E-state index >= 15 is 0 Å². The topological polar surface area (TPSA) is 66.0 Å². The van der Waals surface area contributed by atoms with E-state index in [4.69, 9.17) is 5.26 Å². The number of nitriles is 1. The first-order valence-electron chi connectivity index (χ1n) is 5.93. The van der Waals surface area contributed by atoms with Gasteiger partial charge in [0.1, 0.15) is 16.6 Å². The Bertz CT molecular complexity index is 901. The smallest absolute Gasteiger partial charge is 0.273 e. The van der Waals surface area contributed by atoms with Gasteiger partial charge in [-0.15, -0.1) is 11.3 Å². The maximum Gasteiger partial charge on any atom is 0.273 e. The van der Waals surface area contributed by atoms with Crippen molar-refractivity contribution in [3.05, 3.63) is 51.6 Å². The van der Waals surface area contributed by atoms with E-state index in [9.17, 15) is 9.90 Å². The molecule has 0 spiro atoms. The van der Waals surface area contributed by atoms with Crippen LogP contribution in [0.2, 0.25) is 0 Å². The van der Waals surface area contributed by atoms with Crippen LogP contribution in [-0.4, -0.2) is 9.67 Å². The van der Waals surface area contributed by atoms with Crippen LogP contribution < -0.4 is 5.56 Å². The number of hydrogen-bond donors (Lipinski definition) is 1. The van der Waals surface area contributed by atoms with E-state index in [0.717, 1.165) is 11.1 Å². The van der Waals surface area contributed by atoms with Crippen molar-refractivity contribution in [2.24, 2.45) is 7.05 Å². The molecule has 20 heavy (non-hydrogen) atoms. The quantitative estimate of drug-likeness (QED) is 0.746. The highest BCUT2D eigenvalue weighted by Crippen LogP contribution is 2.39. The molecule has 0 aliphatic heterocycles. The molecule has 0 atom stereocenters. The molecule has 3 aromatic rings. The van der Waals surface area contributed by atoms with E-state index in [1.165, 1.54) is 15.9 Å². The summed E-state index contributed by atoms with van der Waals surface area (Å²) in [5, 5.41) is 21.8. The van der Waals surface area contributed by atoms with Crippen LogP contribution >= 0.6 is 11.3 Å². The summed E-state index contributed by atoms with van der Waals surface area (Å²) in [7, 11) is 1.61. The molecule has 0 amide bonds. The van der Waals surface area contributed by atoms with E-state index in [-0.39, 0.29) is 11.3 Å². The van der Waals surface area contributed by atoms with Gasteiger partial charge in [0.05, 0.1) is 5.39 Å². The Labute approximate surface area is 118 Å². The normalized spacial score (nSPS) is 10.6. The maximum absolute atomic E-state index is 12.0. The molecule has 5 heteroatoms. The number of rotatable bonds is 1. The number of aryl methyl sites for hydroxylation is 1. The molecule has 2 aromatic heterocycles. The number of aromatic hydroxyl groups is 1. The zero-order valence-electron chi connectivity index (χ0n) is 10.6. The van der Waals surface area contributed by atoms with E-state index in [2.05, 4.69) is 0 Å². The first kappa shape index (κ1) is 12.5. The van der Waals surface area contributed by atoms with Crippen LogP contribution in [0.5, 0.6) is 5.75 Å². The second-order valence-electron chi connectivity index (χ2n) is 4.40. The lowest BCUT2D eigenvalue weighted by Gasteiger charge is -2.06. The number of aromatic nitrogens is 1. The summed E-state index contributed by atoms with van der Waals surface area (Å²) in [6.45, 7) is 0. The lowest BCUT2D eigenvalue weighted by Crippen LogP contribution is -2.19. The maximum atomic E-state index is 12.0. The van der Waals surface area contributed by atoms with Gasteiger partial charge in [0, 0.05) is 18.0 Å². The molecule has 98 valence electrons. The zero-order valence-corrected chi connectivity index (χ0v) is 11.4. The Morgan fingerprint density at radius 1 is 1.30 bits per heavy atom. The summed E-state index contributed by atoms with van der Waals surface area (Å²) in [6.07, 6.45) is 0. The van der Waals surface area contributed by atoms with Crippen molar-refractivity contribution in [1.82, 2.24) is 4.57 Å². The fourth-order valence-corrected chi connectivity index (χ4v) is 3.29. The predicted molar refractivity (Wildman–Crippen MR) is 78.9 cm³/mol. The van der Waals surface area contributed by atoms with Gasteiger partial charge in [0.15, 0.2) is 5.56 Å². The molecule has 0 aliphatic carbocycles. The molecule has 0 fully saturated rings. The summed E-state index contributed by atoms with van der Waals surface area (Å²) in [4.78, 5) is 12.6. The Hall–Kier alpha value is -2.58. The van der Waals surface area contributed by atoms with Crippen LogP contribution in [-0.2, 0) is 7.05 Å². The molecule has 2 heterocycles. The molecule has 1 aromatic carbocycles. The molecular formula is C15H10N2O2S. The summed E-state index contributed by atoms with van der Waals surface area (Å²) in [5.74, 6) is -0.231. The lowest BCUT2D eigenvalue weighted by molar-refractivity contribution is 0.478. The number of nitrogens with zero attached hydrogens (tertiary/aromatic N) is 2. The van der Waals surface area contributed by atoms with Crippen LogP contribution in [0.4, 0.5) is 0 Å². The van der Waals surface area contributed by atoms with Crippen molar-refractivity contribution in [1.29, 1.82) is 5.26 Å². The van der Waals surface area contributed by atoms with Gasteiger partial charge >= 0.3 is 0 Å². The average molecular weight is 282 g/mol. The molecule has 4 nitrogen and oxygen atoms in total. The summed E-state index contributed by atoms with van der Waals surface area (Å²) in [6, 6.07) is 11.4. The van der Waals surface area contributed by atoms with Crippen molar-refractivity contribution < 1.29 is 5.11 Å². The first-order chi connectivity index (χ1) is 9.65. The molecule has 0 aliphatic rings. The largest absolute Gasteiger partial charge is 0.506 e. The van der Waals surface area contributed by atoms with Crippen molar-refractivity contribution in [2.45, 2.75) is 0 Å². The van der Waals surface area contributed by atoms with E-state index < -0.39 is 5.56 Å². The second-order valence-corrected chi connectivity index (χ2v) is 5.25. The van der Waals surface area contributed by atoms with Crippen molar-refractivity contribution in [3.63, 3.8) is 0 Å². The highest BCUT2D eigenvalue weighted by atomic mass is 32.1. The minimum absolute atomic E-state index is 0.212. The molecule has 0 saturated heterocycles. The number of hydrogen-bond acceptors (Lipinski definition) is 4. The van der Waals surface area contributed by atoms with Gasteiger partial charge in [-0.3, -0.25) is 4.79 Å². The van der Waals surface area contributed by atoms with Crippen molar-refractivity contribution in [2.75, 3.05) is 0 Å². The molecule has 1 N–H and O–H groups in total. The highest BCUT2D eigenvalue weighted by Gasteiger charge is 2.19. The monoisotopic (exact) mass is 282 g/mol. The second kappa shape index (κ2) is 4.51. The van der Waals surface area contributed by atoms with Crippen LogP contribution in [0.1, 0.15) is 5.56 Å². The van der Waals surface area contributed by atoms with Gasteiger partial charge in [0.25, 0.3) is 5.56 Å². The van der Waals surface area contributed by atoms with Gasteiger partial charge in [0.2, 0.25) is 0 Å². The number of pyridine rings is 1. The molecule has 0 unspecified atom stereocenters. The molecule has 0 saturated carbocycles. The van der Waals surface area contributed by atoms with Crippen molar-refractivity contribution in [3.8, 4) is 22.9 Å². The Balaban J connectivity index is 2.48. The first-order valence-corrected chi connectivity index (χ1v) is 6.81. The highest BCUT2D eigenvalue weighted by molar-refractivity contribution is 7.17. The third kappa shape index (κ3) is 1.63. The number of fused-ring (bicyclic) bond motifs is 1. The van der Waals surface area contributed by atoms with E-state index in [1.807, 2.05) is 35.7 Å². The Morgan fingerprint density at radius 3 is 2.65 bits per heavy atom. The van der Waals surface area contributed by atoms with Crippen molar-refractivity contribution >= 4 is 21.6 Å². The summed E-state index contributed by atoms with van der Waals surface area (Å²) >= 11 is 1.38. The van der Waals surface area contributed by atoms with E-state index in [1.54, 1.807) is 13.1 Å². The van der Waals surface area contributed by atoms with Gasteiger partial charge in [-0.25, -0.2) is 0 Å². The third-order valence-electron chi connectivity index (χ3n) is 3.26. The van der Waals surface area contributed by atoms with Crippen LogP contribution in [0.3, 0.4) is 0 Å². The van der Waals surface area contributed by atoms with Crippen LogP contribution in [0.15, 0.2) is 40.5 Å². The summed E-state index contributed by atoms with van der Waals surface area (Å²) < 4.78 is 1.41. The predicted octanol–water partition coefficient (Wildman–Crippen LogP) is 2.84. The SMILES string of the molecule is Cn1c(=O)c(C#N)c(O)c2c(-c3ccccc3)csc21. The van der Waals surface area contributed by atoms with Gasteiger partial charge in [-0.2, -0.15) is 5.26 Å². The Morgan fingerprint density at radius 2 is 2.00 bits per heavy atom. The molecule has 0 radical (unpaired) electrons. The van der Waals surface area contributed by atoms with E-state index in [0.29, 0.717) is 10.2 Å². The fraction of sp³-hybridized carbons (Fsp3) is 0.0667. The number of benzene rings is 1. The van der Waals surface area contributed by atoms with Gasteiger partial charge in [-0.1, -0.05) is 30.3 Å². The summed E-state index contributed by atoms with van der Waals surface area (Å²) in [5.41, 5.74) is 1.08. The minimum Gasteiger partial charge on any atom is -0.506 e. The number of thiophene rings is 1. The minimum atomic E-state index is -0.473. The Kier molecular flexibility index (Phi) is 2.81. The lowest BCUT2D eigenvalue weighted by atomic mass is 10.0. The molecule has 3 rings (SSSR count). The van der Waals surface area contributed by atoms with Gasteiger partial charge in [-0.05, 0) is 5.56 Å². The fourth-order valence-electron chi connectivity index (χ4n) is 2.24. The standard InChI is InChI=1S/C15H10N2O2S/c1-17-14(19)10(7-16)13(18)12-11(8-20-15(12)17)9-5-3-2-4-6-9/h2-6,8,18H,1H3. The molecule has 0 bridgehead atoms. The van der Waals surface area contributed by atoms with Crippen LogP contribution in [0.25, 0.3) is 21.3 Å². The van der Waals surface area contributed by atoms with Gasteiger partial charge < -0.3 is 9.67 Å². The van der Waals surface area contributed by atoms with Crippen LogP contribution in [0, 0.1) is 11.3 Å². The zero-order chi connectivity index (χ0) is 14.3.